The Bertz CT molecular complexity index is 606. The van der Waals surface area contributed by atoms with Crippen molar-refractivity contribution in [2.75, 3.05) is 13.7 Å². The van der Waals surface area contributed by atoms with Crippen LogP contribution < -0.4 is 4.74 Å². The van der Waals surface area contributed by atoms with Crippen LogP contribution in [0.2, 0.25) is 0 Å². The highest BCUT2D eigenvalue weighted by Gasteiger charge is 2.23. The number of benzene rings is 1. The number of carbonyl (C=O) groups excluding carboxylic acids is 1. The first-order valence-corrected chi connectivity index (χ1v) is 6.22. The number of hydrogen-bond donors (Lipinski definition) is 1. The first kappa shape index (κ1) is 11.8. The first-order valence-electron chi connectivity index (χ1n) is 6.22. The highest BCUT2D eigenvalue weighted by atomic mass is 16.5. The lowest BCUT2D eigenvalue weighted by Crippen LogP contribution is -2.36. The molecule has 5 heteroatoms. The van der Waals surface area contributed by atoms with Crippen LogP contribution in [-0.4, -0.2) is 34.4 Å². The average molecular weight is 257 g/mol. The van der Waals surface area contributed by atoms with Crippen molar-refractivity contribution in [3.63, 3.8) is 0 Å². The number of aromatic amines is 1. The van der Waals surface area contributed by atoms with Gasteiger partial charge in [0.2, 0.25) is 0 Å². The van der Waals surface area contributed by atoms with Gasteiger partial charge in [0.05, 0.1) is 31.4 Å². The minimum Gasteiger partial charge on any atom is -0.497 e. The lowest BCUT2D eigenvalue weighted by Gasteiger charge is -2.26. The zero-order valence-corrected chi connectivity index (χ0v) is 10.7. The Labute approximate surface area is 111 Å². The molecule has 98 valence electrons. The van der Waals surface area contributed by atoms with Gasteiger partial charge in [-0.25, -0.2) is 4.98 Å². The molecule has 0 fully saturated rings. The number of fused-ring (bicyclic) bond motifs is 1. The standard InChI is InChI=1S/C14H15N3O2/c1-19-11-4-2-3-10(7-11)14(18)17-6-5-12-13(8-17)16-9-15-12/h2-4,7,9H,5-6,8H2,1H3,(H,15,16). The summed E-state index contributed by atoms with van der Waals surface area (Å²) in [6, 6.07) is 7.25. The molecule has 0 saturated heterocycles. The van der Waals surface area contributed by atoms with Gasteiger partial charge in [-0.15, -0.1) is 0 Å². The maximum absolute atomic E-state index is 12.4. The number of H-pyrrole nitrogens is 1. The molecule has 0 bridgehead atoms. The van der Waals surface area contributed by atoms with Crippen molar-refractivity contribution >= 4 is 5.91 Å². The monoisotopic (exact) mass is 257 g/mol. The fourth-order valence-corrected chi connectivity index (χ4v) is 2.32. The quantitative estimate of drug-likeness (QED) is 0.889. The number of aromatic nitrogens is 2. The maximum atomic E-state index is 12.4. The molecule has 0 spiro atoms. The molecule has 1 aliphatic rings. The number of hydrogen-bond acceptors (Lipinski definition) is 3. The van der Waals surface area contributed by atoms with Crippen LogP contribution >= 0.6 is 0 Å². The molecule has 0 atom stereocenters. The Morgan fingerprint density at radius 1 is 1.47 bits per heavy atom. The predicted octanol–water partition coefficient (Wildman–Crippen LogP) is 1.62. The summed E-state index contributed by atoms with van der Waals surface area (Å²) in [5, 5.41) is 0. The van der Waals surface area contributed by atoms with E-state index in [1.165, 1.54) is 0 Å². The fourth-order valence-electron chi connectivity index (χ4n) is 2.32. The number of carbonyl (C=O) groups is 1. The molecular formula is C14H15N3O2. The summed E-state index contributed by atoms with van der Waals surface area (Å²) in [6.07, 6.45) is 2.48. The number of amides is 1. The number of methoxy groups -OCH3 is 1. The van der Waals surface area contributed by atoms with Crippen LogP contribution in [0.15, 0.2) is 30.6 Å². The zero-order valence-electron chi connectivity index (χ0n) is 10.7. The van der Waals surface area contributed by atoms with Gasteiger partial charge in [-0.05, 0) is 18.2 Å². The molecule has 0 saturated carbocycles. The van der Waals surface area contributed by atoms with Gasteiger partial charge in [-0.2, -0.15) is 0 Å². The predicted molar refractivity (Wildman–Crippen MR) is 70.0 cm³/mol. The summed E-state index contributed by atoms with van der Waals surface area (Å²) < 4.78 is 5.15. The first-order chi connectivity index (χ1) is 9.28. The lowest BCUT2D eigenvalue weighted by atomic mass is 10.1. The highest BCUT2D eigenvalue weighted by Crippen LogP contribution is 2.19. The minimum atomic E-state index is 0.0270. The molecule has 1 aliphatic heterocycles. The summed E-state index contributed by atoms with van der Waals surface area (Å²) in [7, 11) is 1.60. The second-order valence-corrected chi connectivity index (χ2v) is 4.54. The molecule has 2 aromatic rings. The molecule has 19 heavy (non-hydrogen) atoms. The van der Waals surface area contributed by atoms with Gasteiger partial charge >= 0.3 is 0 Å². The van der Waals surface area contributed by atoms with E-state index in [9.17, 15) is 4.79 Å². The molecule has 1 aromatic carbocycles. The molecule has 5 nitrogen and oxygen atoms in total. The molecule has 1 aromatic heterocycles. The third-order valence-corrected chi connectivity index (χ3v) is 3.38. The minimum absolute atomic E-state index is 0.0270. The van der Waals surface area contributed by atoms with Crippen molar-refractivity contribution in [2.45, 2.75) is 13.0 Å². The number of nitrogens with one attached hydrogen (secondary N) is 1. The largest absolute Gasteiger partial charge is 0.497 e. The van der Waals surface area contributed by atoms with E-state index in [2.05, 4.69) is 9.97 Å². The number of imidazole rings is 1. The molecule has 0 unspecified atom stereocenters. The van der Waals surface area contributed by atoms with Crippen molar-refractivity contribution in [1.82, 2.24) is 14.9 Å². The van der Waals surface area contributed by atoms with Crippen molar-refractivity contribution in [3.8, 4) is 5.75 Å². The second-order valence-electron chi connectivity index (χ2n) is 4.54. The van der Waals surface area contributed by atoms with Gasteiger partial charge in [0.15, 0.2) is 0 Å². The molecule has 3 rings (SSSR count). The van der Waals surface area contributed by atoms with Crippen LogP contribution in [0, 0.1) is 0 Å². The van der Waals surface area contributed by atoms with E-state index in [0.29, 0.717) is 24.4 Å². The Morgan fingerprint density at radius 3 is 3.21 bits per heavy atom. The van der Waals surface area contributed by atoms with Crippen molar-refractivity contribution in [1.29, 1.82) is 0 Å². The number of ether oxygens (including phenoxy) is 1. The van der Waals surface area contributed by atoms with Gasteiger partial charge in [0.1, 0.15) is 5.75 Å². The van der Waals surface area contributed by atoms with Gasteiger partial charge in [0, 0.05) is 18.5 Å². The summed E-state index contributed by atoms with van der Waals surface area (Å²) in [6.45, 7) is 1.29. The summed E-state index contributed by atoms with van der Waals surface area (Å²) >= 11 is 0. The average Bonchev–Trinajstić information content (AvgIpc) is 2.94. The molecular weight excluding hydrogens is 242 g/mol. The highest BCUT2D eigenvalue weighted by molar-refractivity contribution is 5.94. The van der Waals surface area contributed by atoms with Crippen LogP contribution in [-0.2, 0) is 13.0 Å². The second kappa shape index (κ2) is 4.76. The van der Waals surface area contributed by atoms with Crippen LogP contribution in [0.4, 0.5) is 0 Å². The molecule has 0 aliphatic carbocycles. The number of rotatable bonds is 2. The Hall–Kier alpha value is -2.30. The van der Waals surface area contributed by atoms with Gasteiger partial charge in [-0.3, -0.25) is 4.79 Å². The van der Waals surface area contributed by atoms with E-state index in [4.69, 9.17) is 4.74 Å². The Morgan fingerprint density at radius 2 is 2.37 bits per heavy atom. The molecule has 2 heterocycles. The third-order valence-electron chi connectivity index (χ3n) is 3.38. The van der Waals surface area contributed by atoms with Crippen LogP contribution in [0.25, 0.3) is 0 Å². The molecule has 0 radical (unpaired) electrons. The van der Waals surface area contributed by atoms with E-state index in [-0.39, 0.29) is 5.91 Å². The molecule has 1 N–H and O–H groups in total. The van der Waals surface area contributed by atoms with Crippen molar-refractivity contribution in [3.05, 3.63) is 47.5 Å². The van der Waals surface area contributed by atoms with E-state index < -0.39 is 0 Å². The van der Waals surface area contributed by atoms with Crippen LogP contribution in [0.1, 0.15) is 21.7 Å². The fraction of sp³-hybridized carbons (Fsp3) is 0.286. The SMILES string of the molecule is COc1cccc(C(=O)N2CCc3nc[nH]c3C2)c1. The van der Waals surface area contributed by atoms with Crippen LogP contribution in [0.5, 0.6) is 5.75 Å². The lowest BCUT2D eigenvalue weighted by molar-refractivity contribution is 0.0731. The third kappa shape index (κ3) is 2.19. The van der Waals surface area contributed by atoms with Gasteiger partial charge in [-0.1, -0.05) is 6.07 Å². The summed E-state index contributed by atoms with van der Waals surface area (Å²) in [5.41, 5.74) is 2.75. The topological polar surface area (TPSA) is 58.2 Å². The van der Waals surface area contributed by atoms with Crippen LogP contribution in [0.3, 0.4) is 0 Å². The normalized spacial score (nSPS) is 14.1. The van der Waals surface area contributed by atoms with E-state index in [1.54, 1.807) is 19.5 Å². The molecule has 1 amide bonds. The van der Waals surface area contributed by atoms with E-state index >= 15 is 0 Å². The van der Waals surface area contributed by atoms with Gasteiger partial charge in [0.25, 0.3) is 5.91 Å². The van der Waals surface area contributed by atoms with E-state index in [0.717, 1.165) is 17.8 Å². The van der Waals surface area contributed by atoms with Gasteiger partial charge < -0.3 is 14.6 Å². The maximum Gasteiger partial charge on any atom is 0.254 e. The smallest absolute Gasteiger partial charge is 0.254 e. The zero-order chi connectivity index (χ0) is 13.2. The van der Waals surface area contributed by atoms with Crippen molar-refractivity contribution < 1.29 is 9.53 Å². The van der Waals surface area contributed by atoms with Crippen molar-refractivity contribution in [2.24, 2.45) is 0 Å². The Balaban J connectivity index is 1.81. The summed E-state index contributed by atoms with van der Waals surface area (Å²) in [4.78, 5) is 21.6. The summed E-state index contributed by atoms with van der Waals surface area (Å²) in [5.74, 6) is 0.726. The van der Waals surface area contributed by atoms with E-state index in [1.807, 2.05) is 23.1 Å². The Kier molecular flexibility index (Phi) is 2.95. The number of nitrogens with zero attached hydrogens (tertiary/aromatic N) is 2.